The number of carbonyl (C=O) groups is 1. The number of aromatic nitrogens is 2. The summed E-state index contributed by atoms with van der Waals surface area (Å²) in [5, 5.41) is 6.72. The van der Waals surface area contributed by atoms with E-state index in [1.165, 1.54) is 7.11 Å². The molecule has 5 heteroatoms. The van der Waals surface area contributed by atoms with Crippen LogP contribution in [0, 0.1) is 6.92 Å². The number of rotatable bonds is 1. The van der Waals surface area contributed by atoms with E-state index in [9.17, 15) is 4.79 Å². The van der Waals surface area contributed by atoms with Crippen molar-refractivity contribution in [1.82, 2.24) is 10.3 Å². The number of ether oxygens (including phenoxy) is 1. The van der Waals surface area contributed by atoms with E-state index in [4.69, 9.17) is 0 Å². The van der Waals surface area contributed by atoms with Gasteiger partial charge in [-0.1, -0.05) is 5.16 Å². The summed E-state index contributed by atoms with van der Waals surface area (Å²) in [4.78, 5) is 10.7. The average Bonchev–Trinajstić information content (AvgIpc) is 2.34. The molecule has 10 heavy (non-hydrogen) atoms. The lowest BCUT2D eigenvalue weighted by Gasteiger charge is -1.89. The second-order valence-electron chi connectivity index (χ2n) is 1.69. The molecule has 0 aromatic carbocycles. The molecule has 0 bridgehead atoms. The lowest BCUT2D eigenvalue weighted by atomic mass is 10.3. The molecule has 0 fully saturated rings. The van der Waals surface area contributed by atoms with Crippen LogP contribution in [0.25, 0.3) is 0 Å². The molecule has 1 aromatic heterocycles. The third kappa shape index (κ3) is 0.975. The minimum absolute atomic E-state index is 0.127. The Labute approximate surface area is 56.9 Å². The van der Waals surface area contributed by atoms with Crippen molar-refractivity contribution >= 4 is 5.97 Å². The van der Waals surface area contributed by atoms with Crippen LogP contribution in [0.3, 0.4) is 0 Å². The fraction of sp³-hybridized carbons (Fsp3) is 0.400. The van der Waals surface area contributed by atoms with Crippen LogP contribution in [0.2, 0.25) is 0 Å². The highest BCUT2D eigenvalue weighted by atomic mass is 16.6. The summed E-state index contributed by atoms with van der Waals surface area (Å²) in [6.45, 7) is 1.61. The summed E-state index contributed by atoms with van der Waals surface area (Å²) >= 11 is 0. The van der Waals surface area contributed by atoms with Crippen LogP contribution in [0.15, 0.2) is 4.63 Å². The fourth-order valence-electron chi connectivity index (χ4n) is 0.513. The van der Waals surface area contributed by atoms with Crippen molar-refractivity contribution < 1.29 is 14.2 Å². The number of carbonyl (C=O) groups excluding carboxylic acids is 1. The van der Waals surface area contributed by atoms with E-state index in [2.05, 4.69) is 19.7 Å². The first-order chi connectivity index (χ1) is 4.75. The van der Waals surface area contributed by atoms with E-state index in [1.54, 1.807) is 6.92 Å². The molecule has 1 aromatic rings. The van der Waals surface area contributed by atoms with Crippen molar-refractivity contribution in [3.8, 4) is 0 Å². The Bertz CT molecular complexity index is 243. The maximum Gasteiger partial charge on any atom is 0.362 e. The molecule has 5 nitrogen and oxygen atoms in total. The van der Waals surface area contributed by atoms with Crippen molar-refractivity contribution in [2.75, 3.05) is 7.11 Å². The first-order valence-electron chi connectivity index (χ1n) is 2.63. The van der Waals surface area contributed by atoms with Crippen LogP contribution in [0.5, 0.6) is 0 Å². The molecule has 0 amide bonds. The molecule has 0 unspecified atom stereocenters. The van der Waals surface area contributed by atoms with Crippen LogP contribution in [-0.4, -0.2) is 23.4 Å². The first kappa shape index (κ1) is 6.73. The van der Waals surface area contributed by atoms with Gasteiger partial charge >= 0.3 is 5.97 Å². The summed E-state index contributed by atoms with van der Waals surface area (Å²) in [5.74, 6) is -0.529. The molecular formula is C5H6N2O3. The fourth-order valence-corrected chi connectivity index (χ4v) is 0.513. The predicted octanol–water partition coefficient (Wildman–Crippen LogP) is 0.165. The summed E-state index contributed by atoms with van der Waals surface area (Å²) < 4.78 is 8.64. The van der Waals surface area contributed by atoms with Gasteiger partial charge in [0.05, 0.1) is 7.11 Å². The lowest BCUT2D eigenvalue weighted by molar-refractivity contribution is 0.0588. The molecular weight excluding hydrogens is 136 g/mol. The Kier molecular flexibility index (Phi) is 1.66. The van der Waals surface area contributed by atoms with Crippen molar-refractivity contribution in [3.63, 3.8) is 0 Å². The molecule has 0 N–H and O–H groups in total. The van der Waals surface area contributed by atoms with Gasteiger partial charge in [-0.3, -0.25) is 0 Å². The van der Waals surface area contributed by atoms with Gasteiger partial charge < -0.3 is 4.74 Å². The normalized spacial score (nSPS) is 9.40. The number of methoxy groups -OCH3 is 1. The Morgan fingerprint density at radius 2 is 2.30 bits per heavy atom. The summed E-state index contributed by atoms with van der Waals surface area (Å²) in [5.41, 5.74) is 0.564. The molecule has 0 aliphatic rings. The van der Waals surface area contributed by atoms with Crippen LogP contribution < -0.4 is 0 Å². The smallest absolute Gasteiger partial charge is 0.362 e. The van der Waals surface area contributed by atoms with Gasteiger partial charge in [0, 0.05) is 0 Å². The van der Waals surface area contributed by atoms with Crippen molar-refractivity contribution in [1.29, 1.82) is 0 Å². The number of aryl methyl sites for hydroxylation is 1. The van der Waals surface area contributed by atoms with Gasteiger partial charge in [-0.05, 0) is 12.1 Å². The van der Waals surface area contributed by atoms with Crippen LogP contribution >= 0.6 is 0 Å². The molecule has 54 valence electrons. The van der Waals surface area contributed by atoms with Gasteiger partial charge in [0.1, 0.15) is 5.69 Å². The largest absolute Gasteiger partial charge is 0.464 e. The Morgan fingerprint density at radius 3 is 2.70 bits per heavy atom. The van der Waals surface area contributed by atoms with Crippen LogP contribution in [0.4, 0.5) is 0 Å². The van der Waals surface area contributed by atoms with Gasteiger partial charge in [0.15, 0.2) is 0 Å². The highest BCUT2D eigenvalue weighted by molar-refractivity contribution is 5.87. The minimum atomic E-state index is -0.529. The van der Waals surface area contributed by atoms with Crippen molar-refractivity contribution in [2.24, 2.45) is 0 Å². The molecule has 0 saturated carbocycles. The van der Waals surface area contributed by atoms with E-state index in [-0.39, 0.29) is 5.69 Å². The highest BCUT2D eigenvalue weighted by Gasteiger charge is 2.14. The van der Waals surface area contributed by atoms with E-state index in [0.717, 1.165) is 0 Å². The number of esters is 1. The molecule has 0 aliphatic heterocycles. The summed E-state index contributed by atoms with van der Waals surface area (Å²) in [7, 11) is 1.27. The maximum atomic E-state index is 10.7. The Balaban J connectivity index is 2.93. The van der Waals surface area contributed by atoms with Crippen LogP contribution in [0.1, 0.15) is 16.2 Å². The van der Waals surface area contributed by atoms with E-state index in [1.807, 2.05) is 0 Å². The Hall–Kier alpha value is -1.39. The molecule has 0 spiro atoms. The Morgan fingerprint density at radius 1 is 1.60 bits per heavy atom. The third-order valence-corrected chi connectivity index (χ3v) is 1.03. The minimum Gasteiger partial charge on any atom is -0.464 e. The summed E-state index contributed by atoms with van der Waals surface area (Å²) in [6, 6.07) is 0. The standard InChI is InChI=1S/C5H6N2O3/c1-3-4(5(8)9-2)7-10-6-3/h1-2H3. The zero-order chi connectivity index (χ0) is 7.56. The van der Waals surface area contributed by atoms with Crippen molar-refractivity contribution in [2.45, 2.75) is 6.92 Å². The van der Waals surface area contributed by atoms with Crippen molar-refractivity contribution in [3.05, 3.63) is 11.4 Å². The van der Waals surface area contributed by atoms with Gasteiger partial charge in [-0.2, -0.15) is 0 Å². The lowest BCUT2D eigenvalue weighted by Crippen LogP contribution is -2.03. The topological polar surface area (TPSA) is 65.2 Å². The second kappa shape index (κ2) is 2.47. The predicted molar refractivity (Wildman–Crippen MR) is 30.4 cm³/mol. The molecule has 0 radical (unpaired) electrons. The van der Waals surface area contributed by atoms with Gasteiger partial charge in [0.2, 0.25) is 5.69 Å². The number of nitrogens with zero attached hydrogens (tertiary/aromatic N) is 2. The van der Waals surface area contributed by atoms with Gasteiger partial charge in [-0.15, -0.1) is 0 Å². The molecule has 0 atom stereocenters. The molecule has 1 rings (SSSR count). The van der Waals surface area contributed by atoms with E-state index in [0.29, 0.717) is 5.69 Å². The number of hydrogen-bond acceptors (Lipinski definition) is 5. The van der Waals surface area contributed by atoms with Crippen LogP contribution in [-0.2, 0) is 4.74 Å². The molecule has 0 aliphatic carbocycles. The van der Waals surface area contributed by atoms with Gasteiger partial charge in [-0.25, -0.2) is 9.42 Å². The average molecular weight is 142 g/mol. The SMILES string of the molecule is COC(=O)c1nonc1C. The first-order valence-corrected chi connectivity index (χ1v) is 2.63. The monoisotopic (exact) mass is 142 g/mol. The summed E-state index contributed by atoms with van der Waals surface area (Å²) in [6.07, 6.45) is 0. The second-order valence-corrected chi connectivity index (χ2v) is 1.69. The van der Waals surface area contributed by atoms with E-state index >= 15 is 0 Å². The maximum absolute atomic E-state index is 10.7. The van der Waals surface area contributed by atoms with E-state index < -0.39 is 5.97 Å². The zero-order valence-corrected chi connectivity index (χ0v) is 5.62. The third-order valence-electron chi connectivity index (χ3n) is 1.03. The van der Waals surface area contributed by atoms with Gasteiger partial charge in [0.25, 0.3) is 0 Å². The number of hydrogen-bond donors (Lipinski definition) is 0. The highest BCUT2D eigenvalue weighted by Crippen LogP contribution is 2.00. The zero-order valence-electron chi connectivity index (χ0n) is 5.62. The molecule has 0 saturated heterocycles. The quantitative estimate of drug-likeness (QED) is 0.522. The molecule has 1 heterocycles.